The molecule has 0 amide bonds. The van der Waals surface area contributed by atoms with Crippen LogP contribution in [0.3, 0.4) is 0 Å². The Morgan fingerprint density at radius 1 is 1.05 bits per heavy atom. The van der Waals surface area contributed by atoms with Crippen molar-refractivity contribution in [3.63, 3.8) is 0 Å². The van der Waals surface area contributed by atoms with Gasteiger partial charge in [0.05, 0.1) is 11.1 Å². The summed E-state index contributed by atoms with van der Waals surface area (Å²) in [6, 6.07) is 11.3. The first-order valence-electron chi connectivity index (χ1n) is 5.88. The molecule has 1 unspecified atom stereocenters. The molecule has 0 saturated carbocycles. The second kappa shape index (κ2) is 7.14. The summed E-state index contributed by atoms with van der Waals surface area (Å²) in [6.07, 6.45) is 0. The van der Waals surface area contributed by atoms with Crippen molar-refractivity contribution >= 4 is 60.7 Å². The molecule has 1 atom stereocenters. The van der Waals surface area contributed by atoms with Gasteiger partial charge in [0, 0.05) is 26.2 Å². The Balaban J connectivity index is 2.28. The molecule has 0 aliphatic carbocycles. The van der Waals surface area contributed by atoms with Crippen molar-refractivity contribution in [1.29, 1.82) is 0 Å². The van der Waals surface area contributed by atoms with Crippen LogP contribution >= 0.6 is 55.1 Å². The highest BCUT2D eigenvalue weighted by Crippen LogP contribution is 2.31. The largest absolute Gasteiger partial charge is 0.377 e. The molecule has 6 heteroatoms. The molecular formula is C14H12Br2Cl2N2. The topological polar surface area (TPSA) is 38.0 Å². The molecule has 0 radical (unpaired) electrons. The zero-order valence-electron chi connectivity index (χ0n) is 10.3. The zero-order valence-corrected chi connectivity index (χ0v) is 15.0. The van der Waals surface area contributed by atoms with Crippen molar-refractivity contribution in [3.8, 4) is 0 Å². The van der Waals surface area contributed by atoms with Crippen molar-refractivity contribution in [3.05, 3.63) is 61.0 Å². The zero-order chi connectivity index (χ0) is 14.7. The molecule has 2 rings (SSSR count). The van der Waals surface area contributed by atoms with Crippen LogP contribution < -0.4 is 11.1 Å². The normalized spacial score (nSPS) is 12.2. The molecule has 2 nitrogen and oxygen atoms in total. The highest BCUT2D eigenvalue weighted by Gasteiger charge is 2.14. The van der Waals surface area contributed by atoms with Crippen LogP contribution in [-0.2, 0) is 0 Å². The fourth-order valence-electron chi connectivity index (χ4n) is 1.83. The first-order chi connectivity index (χ1) is 9.51. The van der Waals surface area contributed by atoms with Gasteiger partial charge in [0.1, 0.15) is 0 Å². The SMILES string of the molecule is NCC(Nc1ccc(Cl)c(Br)c1)c1cc(Br)ccc1Cl. The summed E-state index contributed by atoms with van der Waals surface area (Å²) in [4.78, 5) is 0. The van der Waals surface area contributed by atoms with Crippen molar-refractivity contribution < 1.29 is 0 Å². The van der Waals surface area contributed by atoms with Gasteiger partial charge < -0.3 is 11.1 Å². The van der Waals surface area contributed by atoms with Crippen LogP contribution in [0.5, 0.6) is 0 Å². The van der Waals surface area contributed by atoms with E-state index in [-0.39, 0.29) is 6.04 Å². The lowest BCUT2D eigenvalue weighted by atomic mass is 10.1. The molecule has 0 spiro atoms. The average molecular weight is 439 g/mol. The number of anilines is 1. The lowest BCUT2D eigenvalue weighted by Gasteiger charge is -2.20. The Morgan fingerprint density at radius 3 is 2.40 bits per heavy atom. The minimum absolute atomic E-state index is 0.0759. The van der Waals surface area contributed by atoms with Crippen LogP contribution in [0, 0.1) is 0 Å². The molecule has 20 heavy (non-hydrogen) atoms. The van der Waals surface area contributed by atoms with Gasteiger partial charge in [0.2, 0.25) is 0 Å². The molecule has 2 aromatic carbocycles. The molecule has 0 saturated heterocycles. The van der Waals surface area contributed by atoms with Crippen LogP contribution in [0.1, 0.15) is 11.6 Å². The van der Waals surface area contributed by atoms with Crippen molar-refractivity contribution in [2.24, 2.45) is 5.73 Å². The smallest absolute Gasteiger partial charge is 0.0651 e. The molecule has 2 aromatic rings. The summed E-state index contributed by atoms with van der Waals surface area (Å²) in [5.74, 6) is 0. The monoisotopic (exact) mass is 436 g/mol. The van der Waals surface area contributed by atoms with Gasteiger partial charge in [0.15, 0.2) is 0 Å². The van der Waals surface area contributed by atoms with E-state index in [0.717, 1.165) is 20.2 Å². The molecule has 3 N–H and O–H groups in total. The minimum Gasteiger partial charge on any atom is -0.377 e. The fraction of sp³-hybridized carbons (Fsp3) is 0.143. The average Bonchev–Trinajstić information content (AvgIpc) is 2.43. The summed E-state index contributed by atoms with van der Waals surface area (Å²) >= 11 is 19.1. The van der Waals surface area contributed by atoms with Crippen LogP contribution in [0.2, 0.25) is 10.0 Å². The summed E-state index contributed by atoms with van der Waals surface area (Å²) in [7, 11) is 0. The van der Waals surface area contributed by atoms with Gasteiger partial charge in [0.25, 0.3) is 0 Å². The van der Waals surface area contributed by atoms with Gasteiger partial charge in [-0.05, 0) is 57.9 Å². The molecule has 0 aliphatic heterocycles. The van der Waals surface area contributed by atoms with Gasteiger partial charge in [-0.1, -0.05) is 39.1 Å². The first-order valence-corrected chi connectivity index (χ1v) is 8.22. The Hall–Kier alpha value is -0.260. The third kappa shape index (κ3) is 3.89. The van der Waals surface area contributed by atoms with E-state index in [4.69, 9.17) is 28.9 Å². The minimum atomic E-state index is -0.0759. The number of rotatable bonds is 4. The maximum Gasteiger partial charge on any atom is 0.0651 e. The van der Waals surface area contributed by atoms with Gasteiger partial charge in [-0.2, -0.15) is 0 Å². The molecule has 0 bridgehead atoms. The number of hydrogen-bond donors (Lipinski definition) is 2. The summed E-state index contributed by atoms with van der Waals surface area (Å²) in [6.45, 7) is 0.427. The van der Waals surface area contributed by atoms with E-state index in [1.54, 1.807) is 0 Å². The van der Waals surface area contributed by atoms with E-state index in [9.17, 15) is 0 Å². The predicted octanol–water partition coefficient (Wildman–Crippen LogP) is 5.63. The number of hydrogen-bond acceptors (Lipinski definition) is 2. The van der Waals surface area contributed by atoms with Gasteiger partial charge in [-0.25, -0.2) is 0 Å². The van der Waals surface area contributed by atoms with Crippen molar-refractivity contribution in [2.45, 2.75) is 6.04 Å². The maximum atomic E-state index is 6.25. The summed E-state index contributed by atoms with van der Waals surface area (Å²) < 4.78 is 1.80. The molecule has 106 valence electrons. The molecule has 0 aliphatic rings. The predicted molar refractivity (Wildman–Crippen MR) is 93.7 cm³/mol. The highest BCUT2D eigenvalue weighted by atomic mass is 79.9. The van der Waals surface area contributed by atoms with Crippen molar-refractivity contribution in [1.82, 2.24) is 0 Å². The van der Waals surface area contributed by atoms with Crippen LogP contribution in [0.25, 0.3) is 0 Å². The Kier molecular flexibility index (Phi) is 5.75. The molecule has 0 aromatic heterocycles. The number of nitrogens with one attached hydrogen (secondary N) is 1. The third-order valence-corrected chi connectivity index (χ3v) is 4.88. The van der Waals surface area contributed by atoms with Crippen molar-refractivity contribution in [2.75, 3.05) is 11.9 Å². The van der Waals surface area contributed by atoms with Gasteiger partial charge in [-0.3, -0.25) is 0 Å². The van der Waals surface area contributed by atoms with Crippen LogP contribution in [-0.4, -0.2) is 6.54 Å². The maximum absolute atomic E-state index is 6.25. The highest BCUT2D eigenvalue weighted by molar-refractivity contribution is 9.10. The lowest BCUT2D eigenvalue weighted by molar-refractivity contribution is 0.789. The van der Waals surface area contributed by atoms with E-state index in [0.29, 0.717) is 16.6 Å². The number of benzene rings is 2. The fourth-order valence-corrected chi connectivity index (χ4v) is 2.96. The number of nitrogens with two attached hydrogens (primary N) is 1. The van der Waals surface area contributed by atoms with Gasteiger partial charge >= 0.3 is 0 Å². The van der Waals surface area contributed by atoms with E-state index in [1.807, 2.05) is 36.4 Å². The Labute approximate surface area is 144 Å². The van der Waals surface area contributed by atoms with E-state index >= 15 is 0 Å². The second-order valence-corrected chi connectivity index (χ2v) is 6.81. The molecule has 0 heterocycles. The molecule has 0 fully saturated rings. The van der Waals surface area contributed by atoms with E-state index < -0.39 is 0 Å². The Morgan fingerprint density at radius 2 is 1.75 bits per heavy atom. The lowest BCUT2D eigenvalue weighted by Crippen LogP contribution is -2.21. The Bertz CT molecular complexity index is 620. The standard InChI is InChI=1S/C14H12Br2Cl2N2/c15-8-1-3-12(17)10(5-8)14(7-19)20-9-2-4-13(18)11(16)6-9/h1-6,14,20H,7,19H2. The quantitative estimate of drug-likeness (QED) is 0.649. The number of halogens is 4. The van der Waals surface area contributed by atoms with Crippen LogP contribution in [0.4, 0.5) is 5.69 Å². The summed E-state index contributed by atoms with van der Waals surface area (Å²) in [5.41, 5.74) is 7.74. The van der Waals surface area contributed by atoms with Gasteiger partial charge in [-0.15, -0.1) is 0 Å². The first kappa shape index (κ1) is 16.1. The summed E-state index contributed by atoms with van der Waals surface area (Å²) in [5, 5.41) is 4.71. The second-order valence-electron chi connectivity index (χ2n) is 4.23. The van der Waals surface area contributed by atoms with E-state index in [1.165, 1.54) is 0 Å². The van der Waals surface area contributed by atoms with Crippen LogP contribution in [0.15, 0.2) is 45.3 Å². The molecular weight excluding hydrogens is 427 g/mol. The third-order valence-electron chi connectivity index (χ3n) is 2.83. The van der Waals surface area contributed by atoms with E-state index in [2.05, 4.69) is 37.2 Å².